The molecule has 0 aromatic carbocycles. The van der Waals surface area contributed by atoms with E-state index in [9.17, 15) is 0 Å². The van der Waals surface area contributed by atoms with Crippen LogP contribution in [0.5, 0.6) is 0 Å². The lowest BCUT2D eigenvalue weighted by molar-refractivity contribution is 0.419. The van der Waals surface area contributed by atoms with E-state index in [0.29, 0.717) is 5.92 Å². The van der Waals surface area contributed by atoms with Gasteiger partial charge < -0.3 is 5.32 Å². The molecule has 2 aromatic rings. The topological polar surface area (TPSA) is 50.7 Å². The van der Waals surface area contributed by atoms with Crippen molar-refractivity contribution in [3.8, 4) is 0 Å². The van der Waals surface area contributed by atoms with Crippen LogP contribution in [0.2, 0.25) is 0 Å². The Morgan fingerprint density at radius 2 is 2.37 bits per heavy atom. The molecule has 3 rings (SSSR count). The highest BCUT2D eigenvalue weighted by Crippen LogP contribution is 2.40. The van der Waals surface area contributed by atoms with Gasteiger partial charge in [-0.05, 0) is 56.4 Å². The molecule has 19 heavy (non-hydrogen) atoms. The number of aromatic nitrogens is 3. The van der Waals surface area contributed by atoms with Gasteiger partial charge in [-0.15, -0.1) is 5.10 Å². The molecule has 0 spiro atoms. The van der Waals surface area contributed by atoms with Crippen LogP contribution in [-0.2, 0) is 6.42 Å². The normalized spacial score (nSPS) is 20.0. The molecule has 0 radical (unpaired) electrons. The molecule has 2 atom stereocenters. The Bertz CT molecular complexity index is 566. The van der Waals surface area contributed by atoms with Gasteiger partial charge >= 0.3 is 0 Å². The molecule has 1 N–H and O–H groups in total. The third-order valence-electron chi connectivity index (χ3n) is 3.92. The van der Waals surface area contributed by atoms with E-state index < -0.39 is 0 Å². The van der Waals surface area contributed by atoms with E-state index in [-0.39, 0.29) is 6.04 Å². The van der Waals surface area contributed by atoms with E-state index in [2.05, 4.69) is 26.0 Å². The van der Waals surface area contributed by atoms with Crippen molar-refractivity contribution >= 4 is 11.5 Å². The van der Waals surface area contributed by atoms with Crippen LogP contribution in [-0.4, -0.2) is 21.6 Å². The van der Waals surface area contributed by atoms with Crippen LogP contribution in [0.3, 0.4) is 0 Å². The Hall–Kier alpha value is -1.33. The van der Waals surface area contributed by atoms with E-state index in [1.807, 2.05) is 26.2 Å². The molecule has 0 amide bonds. The van der Waals surface area contributed by atoms with Gasteiger partial charge in [-0.25, -0.2) is 0 Å². The lowest BCUT2D eigenvalue weighted by atomic mass is 9.81. The summed E-state index contributed by atoms with van der Waals surface area (Å²) in [7, 11) is 2.01. The molecule has 5 heteroatoms. The largest absolute Gasteiger partial charge is 0.312 e. The van der Waals surface area contributed by atoms with Crippen molar-refractivity contribution in [3.63, 3.8) is 0 Å². The van der Waals surface area contributed by atoms with Crippen molar-refractivity contribution < 1.29 is 0 Å². The summed E-state index contributed by atoms with van der Waals surface area (Å²) in [6, 6.07) is 4.52. The maximum absolute atomic E-state index is 4.63. The quantitative estimate of drug-likeness (QED) is 0.934. The zero-order chi connectivity index (χ0) is 13.2. The first-order valence-corrected chi connectivity index (χ1v) is 7.48. The maximum Gasteiger partial charge on any atom is 0.0773 e. The number of rotatable bonds is 3. The zero-order valence-corrected chi connectivity index (χ0v) is 12.1. The van der Waals surface area contributed by atoms with Gasteiger partial charge in [0.15, 0.2) is 0 Å². The minimum absolute atomic E-state index is 0.272. The molecular weight excluding hydrogens is 256 g/mol. The zero-order valence-electron chi connectivity index (χ0n) is 11.3. The first kappa shape index (κ1) is 12.7. The van der Waals surface area contributed by atoms with Crippen molar-refractivity contribution in [1.29, 1.82) is 0 Å². The van der Waals surface area contributed by atoms with Crippen LogP contribution in [0.15, 0.2) is 18.3 Å². The van der Waals surface area contributed by atoms with Gasteiger partial charge in [0.2, 0.25) is 0 Å². The summed E-state index contributed by atoms with van der Waals surface area (Å²) in [5.41, 5.74) is 3.68. The number of nitrogens with one attached hydrogen (secondary N) is 1. The van der Waals surface area contributed by atoms with Gasteiger partial charge in [0, 0.05) is 17.8 Å². The fourth-order valence-electron chi connectivity index (χ4n) is 3.01. The molecule has 1 aliphatic carbocycles. The molecule has 100 valence electrons. The fraction of sp³-hybridized carbons (Fsp3) is 0.500. The molecule has 0 fully saturated rings. The van der Waals surface area contributed by atoms with Crippen LogP contribution in [0.1, 0.15) is 46.6 Å². The van der Waals surface area contributed by atoms with Crippen LogP contribution >= 0.6 is 11.5 Å². The van der Waals surface area contributed by atoms with Crippen LogP contribution in [0.4, 0.5) is 0 Å². The Morgan fingerprint density at radius 1 is 1.47 bits per heavy atom. The first-order valence-electron chi connectivity index (χ1n) is 6.71. The molecule has 0 saturated heterocycles. The number of hydrogen-bond acceptors (Lipinski definition) is 5. The second-order valence-corrected chi connectivity index (χ2v) is 5.82. The fourth-order valence-corrected chi connectivity index (χ4v) is 3.83. The van der Waals surface area contributed by atoms with E-state index in [1.165, 1.54) is 40.5 Å². The minimum Gasteiger partial charge on any atom is -0.312 e. The third-order valence-corrected chi connectivity index (χ3v) is 4.83. The summed E-state index contributed by atoms with van der Waals surface area (Å²) in [4.78, 5) is 5.87. The number of aryl methyl sites for hydroxylation is 2. The van der Waals surface area contributed by atoms with Crippen molar-refractivity contribution in [2.24, 2.45) is 0 Å². The summed E-state index contributed by atoms with van der Waals surface area (Å²) < 4.78 is 4.07. The number of likely N-dealkylation sites (N-methyl/N-ethyl adjacent to an activating group) is 1. The van der Waals surface area contributed by atoms with Crippen molar-refractivity contribution in [3.05, 3.63) is 40.2 Å². The highest BCUT2D eigenvalue weighted by molar-refractivity contribution is 7.05. The lowest BCUT2D eigenvalue weighted by Crippen LogP contribution is -2.27. The molecule has 2 unspecified atom stereocenters. The Kier molecular flexibility index (Phi) is 3.57. The second-order valence-electron chi connectivity index (χ2n) is 5.04. The lowest BCUT2D eigenvalue weighted by Gasteiger charge is -2.30. The third kappa shape index (κ3) is 2.28. The SMILES string of the molecule is CNC(c1snnc1C)C1CCCc2cccnc21. The number of nitrogens with zero attached hydrogens (tertiary/aromatic N) is 3. The summed E-state index contributed by atoms with van der Waals surface area (Å²) >= 11 is 1.50. The summed E-state index contributed by atoms with van der Waals surface area (Å²) in [6.07, 6.45) is 5.46. The number of pyridine rings is 1. The van der Waals surface area contributed by atoms with Gasteiger partial charge in [-0.1, -0.05) is 10.6 Å². The van der Waals surface area contributed by atoms with Crippen LogP contribution in [0.25, 0.3) is 0 Å². The molecule has 2 aromatic heterocycles. The molecular formula is C14H18N4S. The van der Waals surface area contributed by atoms with E-state index >= 15 is 0 Å². The predicted octanol–water partition coefficient (Wildman–Crippen LogP) is 2.62. The molecule has 0 bridgehead atoms. The van der Waals surface area contributed by atoms with Gasteiger partial charge in [-0.2, -0.15) is 0 Å². The number of fused-ring (bicyclic) bond motifs is 1. The average molecular weight is 274 g/mol. The van der Waals surface area contributed by atoms with Gasteiger partial charge in [0.25, 0.3) is 0 Å². The molecule has 4 nitrogen and oxygen atoms in total. The second kappa shape index (κ2) is 5.35. The van der Waals surface area contributed by atoms with Gasteiger partial charge in [0.1, 0.15) is 0 Å². The molecule has 2 heterocycles. The number of hydrogen-bond donors (Lipinski definition) is 1. The summed E-state index contributed by atoms with van der Waals surface area (Å²) in [5, 5.41) is 7.59. The monoisotopic (exact) mass is 274 g/mol. The average Bonchev–Trinajstić information content (AvgIpc) is 2.86. The highest BCUT2D eigenvalue weighted by Gasteiger charge is 2.31. The maximum atomic E-state index is 4.63. The standard InChI is InChI=1S/C14H18N4S/c1-9-14(19-18-17-9)13(15-2)11-7-3-5-10-6-4-8-16-12(10)11/h4,6,8,11,13,15H,3,5,7H2,1-2H3. The van der Waals surface area contributed by atoms with E-state index in [4.69, 9.17) is 0 Å². The summed E-state index contributed by atoms with van der Waals surface area (Å²) in [5.74, 6) is 0.427. The smallest absolute Gasteiger partial charge is 0.0773 e. The van der Waals surface area contributed by atoms with Crippen molar-refractivity contribution in [2.45, 2.75) is 38.1 Å². The minimum atomic E-state index is 0.272. The Labute approximate surface area is 117 Å². The van der Waals surface area contributed by atoms with E-state index in [1.54, 1.807) is 0 Å². The Balaban J connectivity index is 2.00. The first-order chi connectivity index (χ1) is 9.31. The highest BCUT2D eigenvalue weighted by atomic mass is 32.1. The van der Waals surface area contributed by atoms with E-state index in [0.717, 1.165) is 12.1 Å². The Morgan fingerprint density at radius 3 is 3.11 bits per heavy atom. The molecule has 0 aliphatic heterocycles. The predicted molar refractivity (Wildman–Crippen MR) is 76.4 cm³/mol. The van der Waals surface area contributed by atoms with Crippen molar-refractivity contribution in [2.75, 3.05) is 7.05 Å². The summed E-state index contributed by atoms with van der Waals surface area (Å²) in [6.45, 7) is 2.03. The van der Waals surface area contributed by atoms with Gasteiger partial charge in [0.05, 0.1) is 16.6 Å². The van der Waals surface area contributed by atoms with Crippen molar-refractivity contribution in [1.82, 2.24) is 19.9 Å². The molecule has 0 saturated carbocycles. The van der Waals surface area contributed by atoms with Crippen LogP contribution < -0.4 is 5.32 Å². The van der Waals surface area contributed by atoms with Gasteiger partial charge in [-0.3, -0.25) is 4.98 Å². The van der Waals surface area contributed by atoms with Crippen LogP contribution in [0, 0.1) is 6.92 Å². The molecule has 1 aliphatic rings.